The monoisotopic (exact) mass is 737 g/mol. The van der Waals surface area contributed by atoms with Gasteiger partial charge >= 0.3 is 0 Å². The van der Waals surface area contributed by atoms with Crippen LogP contribution in [0.1, 0.15) is 29.0 Å². The molecule has 1 aliphatic heterocycles. The van der Waals surface area contributed by atoms with Crippen molar-refractivity contribution in [3.05, 3.63) is 205 Å². The van der Waals surface area contributed by atoms with Crippen molar-refractivity contribution in [1.29, 1.82) is 0 Å². The largest absolute Gasteiger partial charge is 0.455 e. The molecule has 5 heteroatoms. The van der Waals surface area contributed by atoms with E-state index in [2.05, 4.69) is 187 Å². The van der Waals surface area contributed by atoms with Crippen molar-refractivity contribution in [1.82, 2.24) is 10.6 Å². The zero-order chi connectivity index (χ0) is 37.0. The van der Waals surface area contributed by atoms with Gasteiger partial charge in [-0.2, -0.15) is 0 Å². The van der Waals surface area contributed by atoms with Gasteiger partial charge in [0.15, 0.2) is 0 Å². The lowest BCUT2D eigenvalue weighted by Crippen LogP contribution is -2.45. The lowest BCUT2D eigenvalue weighted by atomic mass is 9.94. The summed E-state index contributed by atoms with van der Waals surface area (Å²) in [6.45, 7) is 0. The molecule has 0 fully saturated rings. The summed E-state index contributed by atoms with van der Waals surface area (Å²) in [6.07, 6.45) is -0.597. The smallest absolute Gasteiger partial charge is 0.146 e. The summed E-state index contributed by atoms with van der Waals surface area (Å²) in [6, 6.07) is 66.9. The highest BCUT2D eigenvalue weighted by Crippen LogP contribution is 2.42. The van der Waals surface area contributed by atoms with Crippen molar-refractivity contribution < 1.29 is 4.42 Å². The van der Waals surface area contributed by atoms with Gasteiger partial charge in [-0.25, -0.2) is 4.99 Å². The number of benzene rings is 8. The van der Waals surface area contributed by atoms with Gasteiger partial charge in [-0.1, -0.05) is 146 Å². The number of hydrogen-bond donors (Lipinski definition) is 2. The topological polar surface area (TPSA) is 49.6 Å². The van der Waals surface area contributed by atoms with Gasteiger partial charge in [-0.15, -0.1) is 11.3 Å². The molecule has 3 heterocycles. The SMILES string of the molecule is c1ccc(-c2cc(-c3ccccc3)cc(C3N=C(c4cccc5c4oc4ccccc45)NC(c4ccc5c(c4)sc4cccc(-c6ccccc6)c45)N3)c2)cc1. The van der Waals surface area contributed by atoms with E-state index in [9.17, 15) is 0 Å². The van der Waals surface area contributed by atoms with Crippen LogP contribution in [0.2, 0.25) is 0 Å². The number of fused-ring (bicyclic) bond motifs is 6. The Morgan fingerprint density at radius 1 is 0.464 bits per heavy atom. The molecule has 11 rings (SSSR count). The molecule has 10 aromatic rings. The first kappa shape index (κ1) is 32.6. The average Bonchev–Trinajstić information content (AvgIpc) is 3.85. The van der Waals surface area contributed by atoms with Crippen LogP contribution in [0.4, 0.5) is 0 Å². The Morgan fingerprint density at radius 3 is 1.86 bits per heavy atom. The Kier molecular flexibility index (Phi) is 7.87. The average molecular weight is 738 g/mol. The van der Waals surface area contributed by atoms with Crippen LogP contribution in [-0.2, 0) is 0 Å². The van der Waals surface area contributed by atoms with E-state index in [1.807, 2.05) is 23.5 Å². The van der Waals surface area contributed by atoms with Gasteiger partial charge < -0.3 is 9.73 Å². The standard InChI is InChI=1S/C51H35N3OS/c1-4-14-32(15-5-1)36-28-37(33-16-6-2-7-17-33)30-38(29-36)50-52-49(53-51(54-50)43-23-12-22-41-40-20-10-11-24-44(40)55-48(41)43)35-26-27-42-46(31-35)56-45-25-13-21-39(47(42)45)34-18-8-3-9-19-34/h1-31,49-50,52H,(H,53,54). The summed E-state index contributed by atoms with van der Waals surface area (Å²) in [5.41, 5.74) is 12.0. The molecule has 2 unspecified atom stereocenters. The fourth-order valence-electron chi connectivity index (χ4n) is 8.26. The van der Waals surface area contributed by atoms with Crippen molar-refractivity contribution >= 4 is 59.3 Å². The van der Waals surface area contributed by atoms with Gasteiger partial charge in [-0.05, 0) is 87.0 Å². The maximum Gasteiger partial charge on any atom is 0.146 e. The van der Waals surface area contributed by atoms with Crippen LogP contribution in [-0.4, -0.2) is 5.84 Å². The van der Waals surface area contributed by atoms with Gasteiger partial charge in [-0.3, -0.25) is 5.32 Å². The number of nitrogens with one attached hydrogen (secondary N) is 2. The predicted molar refractivity (Wildman–Crippen MR) is 234 cm³/mol. The Bertz CT molecular complexity index is 3040. The Hall–Kier alpha value is -6.79. The van der Waals surface area contributed by atoms with Crippen LogP contribution in [0.15, 0.2) is 197 Å². The molecule has 0 saturated carbocycles. The number of furan rings is 1. The quantitative estimate of drug-likeness (QED) is 0.179. The molecule has 4 nitrogen and oxygen atoms in total. The van der Waals surface area contributed by atoms with Gasteiger partial charge in [0, 0.05) is 30.9 Å². The number of para-hydroxylation sites is 2. The molecule has 0 radical (unpaired) electrons. The summed E-state index contributed by atoms with van der Waals surface area (Å²) >= 11 is 1.85. The minimum atomic E-state index is -0.357. The predicted octanol–water partition coefficient (Wildman–Crippen LogP) is 13.3. The minimum absolute atomic E-state index is 0.240. The number of aliphatic imine (C=N–C) groups is 1. The van der Waals surface area contributed by atoms with Crippen LogP contribution in [0.25, 0.3) is 75.5 Å². The van der Waals surface area contributed by atoms with Crippen molar-refractivity contribution in [3.63, 3.8) is 0 Å². The van der Waals surface area contributed by atoms with E-state index in [1.165, 1.54) is 42.4 Å². The van der Waals surface area contributed by atoms with E-state index in [0.717, 1.165) is 55.6 Å². The Labute approximate surface area is 328 Å². The van der Waals surface area contributed by atoms with Gasteiger partial charge in [0.1, 0.15) is 29.3 Å². The first-order valence-electron chi connectivity index (χ1n) is 19.0. The lowest BCUT2D eigenvalue weighted by Gasteiger charge is -2.32. The molecular weight excluding hydrogens is 703 g/mol. The van der Waals surface area contributed by atoms with E-state index >= 15 is 0 Å². The summed E-state index contributed by atoms with van der Waals surface area (Å²) in [5, 5.41) is 12.5. The molecule has 8 aromatic carbocycles. The normalized spacial score (nSPS) is 15.7. The molecule has 2 aromatic heterocycles. The number of nitrogens with zero attached hydrogens (tertiary/aromatic N) is 1. The molecule has 0 saturated heterocycles. The van der Waals surface area contributed by atoms with Crippen LogP contribution in [0.3, 0.4) is 0 Å². The van der Waals surface area contributed by atoms with E-state index in [1.54, 1.807) is 0 Å². The zero-order valence-corrected chi connectivity index (χ0v) is 31.1. The van der Waals surface area contributed by atoms with E-state index in [4.69, 9.17) is 9.41 Å². The molecule has 0 bridgehead atoms. The zero-order valence-electron chi connectivity index (χ0n) is 30.3. The summed E-state index contributed by atoms with van der Waals surface area (Å²) in [5.74, 6) is 0.789. The molecule has 2 atom stereocenters. The van der Waals surface area contributed by atoms with Gasteiger partial charge in [0.25, 0.3) is 0 Å². The third-order valence-corrected chi connectivity index (χ3v) is 12.1. The van der Waals surface area contributed by atoms with Crippen molar-refractivity contribution in [2.24, 2.45) is 4.99 Å². The number of rotatable bonds is 6. The minimum Gasteiger partial charge on any atom is -0.455 e. The fraction of sp³-hybridized carbons (Fsp3) is 0.0392. The van der Waals surface area contributed by atoms with E-state index in [-0.39, 0.29) is 12.3 Å². The maximum atomic E-state index is 6.57. The number of hydrogen-bond acceptors (Lipinski definition) is 5. The number of thiophene rings is 1. The first-order valence-corrected chi connectivity index (χ1v) is 19.8. The van der Waals surface area contributed by atoms with Crippen LogP contribution >= 0.6 is 11.3 Å². The van der Waals surface area contributed by atoms with Crippen LogP contribution in [0, 0.1) is 0 Å². The second kappa shape index (κ2) is 13.5. The molecule has 0 amide bonds. The highest BCUT2D eigenvalue weighted by molar-refractivity contribution is 7.26. The second-order valence-electron chi connectivity index (χ2n) is 14.4. The van der Waals surface area contributed by atoms with Crippen molar-refractivity contribution in [3.8, 4) is 33.4 Å². The highest BCUT2D eigenvalue weighted by atomic mass is 32.1. The molecule has 0 aliphatic carbocycles. The van der Waals surface area contributed by atoms with Gasteiger partial charge in [0.2, 0.25) is 0 Å². The van der Waals surface area contributed by atoms with Crippen LogP contribution < -0.4 is 10.6 Å². The molecule has 56 heavy (non-hydrogen) atoms. The fourth-order valence-corrected chi connectivity index (χ4v) is 9.44. The Balaban J connectivity index is 1.08. The summed E-state index contributed by atoms with van der Waals surface area (Å²) < 4.78 is 9.11. The van der Waals surface area contributed by atoms with E-state index in [0.29, 0.717) is 0 Å². The highest BCUT2D eigenvalue weighted by Gasteiger charge is 2.28. The lowest BCUT2D eigenvalue weighted by molar-refractivity contribution is 0.409. The maximum absolute atomic E-state index is 6.57. The Morgan fingerprint density at radius 2 is 1.11 bits per heavy atom. The molecule has 2 N–H and O–H groups in total. The number of amidine groups is 1. The van der Waals surface area contributed by atoms with E-state index < -0.39 is 0 Å². The molecule has 0 spiro atoms. The first-order chi connectivity index (χ1) is 27.7. The van der Waals surface area contributed by atoms with Crippen molar-refractivity contribution in [2.75, 3.05) is 0 Å². The summed E-state index contributed by atoms with van der Waals surface area (Å²) in [7, 11) is 0. The van der Waals surface area contributed by atoms with Crippen LogP contribution in [0.5, 0.6) is 0 Å². The molecule has 1 aliphatic rings. The third-order valence-electron chi connectivity index (χ3n) is 10.9. The summed E-state index contributed by atoms with van der Waals surface area (Å²) in [4.78, 5) is 5.47. The van der Waals surface area contributed by atoms with Gasteiger partial charge in [0.05, 0.1) is 5.56 Å². The van der Waals surface area contributed by atoms with Crippen molar-refractivity contribution in [2.45, 2.75) is 12.3 Å². The second-order valence-corrected chi connectivity index (χ2v) is 15.5. The third kappa shape index (κ3) is 5.68. The molecular formula is C51H35N3OS. The molecule has 266 valence electrons.